The van der Waals surface area contributed by atoms with Crippen LogP contribution < -0.4 is 4.74 Å². The summed E-state index contributed by atoms with van der Waals surface area (Å²) in [5, 5.41) is 0. The molecule has 1 aliphatic heterocycles. The third-order valence-corrected chi connectivity index (χ3v) is 5.63. The maximum Gasteiger partial charge on any atom is 0.277 e. The first-order valence-corrected chi connectivity index (χ1v) is 10.6. The number of imide groups is 1. The van der Waals surface area contributed by atoms with Gasteiger partial charge in [0.15, 0.2) is 0 Å². The van der Waals surface area contributed by atoms with Crippen LogP contribution in [-0.4, -0.2) is 42.3 Å². The molecule has 4 rings (SSSR count). The summed E-state index contributed by atoms with van der Waals surface area (Å²) in [4.78, 5) is 30.1. The van der Waals surface area contributed by atoms with Gasteiger partial charge in [-0.15, -0.1) is 0 Å². The monoisotopic (exact) mass is 426 g/mol. The minimum absolute atomic E-state index is 0.254. The molecule has 3 aromatic rings. The second-order valence-electron chi connectivity index (χ2n) is 7.79. The van der Waals surface area contributed by atoms with Gasteiger partial charge in [-0.05, 0) is 35.2 Å². The highest BCUT2D eigenvalue weighted by Gasteiger charge is 2.40. The zero-order valence-electron chi connectivity index (χ0n) is 18.3. The number of ether oxygens (including phenoxy) is 1. The Labute approximate surface area is 188 Å². The molecule has 0 spiro atoms. The smallest absolute Gasteiger partial charge is 0.277 e. The fourth-order valence-electron chi connectivity index (χ4n) is 3.96. The van der Waals surface area contributed by atoms with Crippen LogP contribution in [0.1, 0.15) is 16.7 Å². The number of nitrogens with zero attached hydrogens (tertiary/aromatic N) is 2. The highest BCUT2D eigenvalue weighted by molar-refractivity contribution is 6.35. The molecule has 5 heteroatoms. The van der Waals surface area contributed by atoms with Crippen LogP contribution in [-0.2, 0) is 22.6 Å². The van der Waals surface area contributed by atoms with E-state index in [0.717, 1.165) is 11.1 Å². The van der Waals surface area contributed by atoms with Crippen molar-refractivity contribution in [2.75, 3.05) is 20.7 Å². The highest BCUT2D eigenvalue weighted by atomic mass is 16.5. The minimum atomic E-state index is -0.258. The molecule has 0 radical (unpaired) electrons. The molecular formula is C27H26N2O3. The number of benzene rings is 3. The first-order chi connectivity index (χ1) is 15.6. The van der Waals surface area contributed by atoms with Crippen molar-refractivity contribution >= 4 is 17.4 Å². The number of methoxy groups -OCH3 is 1. The van der Waals surface area contributed by atoms with Crippen LogP contribution in [0.5, 0.6) is 5.75 Å². The molecule has 0 saturated heterocycles. The van der Waals surface area contributed by atoms with Gasteiger partial charge in [0.25, 0.3) is 11.8 Å². The Morgan fingerprint density at radius 2 is 1.38 bits per heavy atom. The second-order valence-corrected chi connectivity index (χ2v) is 7.79. The fourth-order valence-corrected chi connectivity index (χ4v) is 3.96. The van der Waals surface area contributed by atoms with Crippen LogP contribution in [0.2, 0.25) is 0 Å². The lowest BCUT2D eigenvalue weighted by molar-refractivity contribution is -0.137. The Balaban J connectivity index is 1.66. The van der Waals surface area contributed by atoms with Gasteiger partial charge in [0.1, 0.15) is 11.4 Å². The maximum absolute atomic E-state index is 13.5. The van der Waals surface area contributed by atoms with Crippen molar-refractivity contribution in [2.24, 2.45) is 0 Å². The van der Waals surface area contributed by atoms with E-state index in [9.17, 15) is 9.59 Å². The van der Waals surface area contributed by atoms with Crippen molar-refractivity contribution in [3.8, 4) is 5.75 Å². The summed E-state index contributed by atoms with van der Waals surface area (Å²) >= 11 is 0. The van der Waals surface area contributed by atoms with Gasteiger partial charge >= 0.3 is 0 Å². The number of amides is 2. The fraction of sp³-hybridized carbons (Fsp3) is 0.185. The molecule has 0 unspecified atom stereocenters. The van der Waals surface area contributed by atoms with E-state index in [4.69, 9.17) is 4.74 Å². The number of carbonyl (C=O) groups excluding carboxylic acids is 2. The summed E-state index contributed by atoms with van der Waals surface area (Å²) in [6.07, 6.45) is 0.615. The lowest BCUT2D eigenvalue weighted by Crippen LogP contribution is -2.35. The zero-order chi connectivity index (χ0) is 22.5. The average molecular weight is 427 g/mol. The molecule has 0 N–H and O–H groups in total. The van der Waals surface area contributed by atoms with Gasteiger partial charge < -0.3 is 9.64 Å². The van der Waals surface area contributed by atoms with E-state index in [1.807, 2.05) is 96.9 Å². The first kappa shape index (κ1) is 21.4. The minimum Gasteiger partial charge on any atom is -0.497 e. The predicted octanol–water partition coefficient (Wildman–Crippen LogP) is 4.15. The molecule has 0 saturated carbocycles. The quantitative estimate of drug-likeness (QED) is 0.508. The van der Waals surface area contributed by atoms with Crippen LogP contribution in [0.15, 0.2) is 90.6 Å². The summed E-state index contributed by atoms with van der Waals surface area (Å²) in [7, 11) is 3.46. The average Bonchev–Trinajstić information content (AvgIpc) is 3.08. The molecule has 162 valence electrons. The van der Waals surface area contributed by atoms with Gasteiger partial charge in [0.05, 0.1) is 12.7 Å². The van der Waals surface area contributed by atoms with Gasteiger partial charge in [0.2, 0.25) is 0 Å². The third-order valence-electron chi connectivity index (χ3n) is 5.63. The molecular weight excluding hydrogens is 400 g/mol. The largest absolute Gasteiger partial charge is 0.497 e. The van der Waals surface area contributed by atoms with E-state index in [1.54, 1.807) is 7.11 Å². The Hall–Kier alpha value is -3.86. The normalized spacial score (nSPS) is 13.6. The van der Waals surface area contributed by atoms with E-state index in [0.29, 0.717) is 42.1 Å². The summed E-state index contributed by atoms with van der Waals surface area (Å²) < 4.78 is 5.25. The molecule has 1 aliphatic rings. The van der Waals surface area contributed by atoms with Gasteiger partial charge in [-0.25, -0.2) is 0 Å². The van der Waals surface area contributed by atoms with Gasteiger partial charge in [-0.3, -0.25) is 14.5 Å². The molecule has 1 heterocycles. The Morgan fingerprint density at radius 3 is 1.97 bits per heavy atom. The summed E-state index contributed by atoms with van der Waals surface area (Å²) in [5.41, 5.74) is 3.73. The summed E-state index contributed by atoms with van der Waals surface area (Å²) in [6.45, 7) is 0.866. The molecule has 0 aliphatic carbocycles. The van der Waals surface area contributed by atoms with Crippen LogP contribution >= 0.6 is 0 Å². The van der Waals surface area contributed by atoms with Gasteiger partial charge in [-0.1, -0.05) is 72.8 Å². The highest BCUT2D eigenvalue weighted by Crippen LogP contribution is 2.32. The number of likely N-dealkylation sites (N-methyl/N-ethyl adjacent to an activating group) is 1. The zero-order valence-corrected chi connectivity index (χ0v) is 18.3. The van der Waals surface area contributed by atoms with Crippen molar-refractivity contribution in [1.29, 1.82) is 0 Å². The number of rotatable bonds is 8. The molecule has 3 aromatic carbocycles. The van der Waals surface area contributed by atoms with E-state index in [1.165, 1.54) is 4.90 Å². The van der Waals surface area contributed by atoms with Crippen LogP contribution in [0.3, 0.4) is 0 Å². The van der Waals surface area contributed by atoms with Crippen LogP contribution in [0, 0.1) is 0 Å². The first-order valence-electron chi connectivity index (χ1n) is 10.6. The Morgan fingerprint density at radius 1 is 0.781 bits per heavy atom. The SMILES string of the molecule is COc1ccc(C2=C(N(C)Cc3ccccc3)C(=O)N(CCc3ccccc3)C2=O)cc1. The topological polar surface area (TPSA) is 49.9 Å². The molecule has 0 bridgehead atoms. The molecule has 0 aromatic heterocycles. The number of hydrogen-bond acceptors (Lipinski definition) is 4. The lowest BCUT2D eigenvalue weighted by Gasteiger charge is -2.21. The van der Waals surface area contributed by atoms with Crippen molar-refractivity contribution < 1.29 is 14.3 Å². The van der Waals surface area contributed by atoms with Gasteiger partial charge in [-0.2, -0.15) is 0 Å². The van der Waals surface area contributed by atoms with Crippen molar-refractivity contribution in [3.05, 3.63) is 107 Å². The molecule has 32 heavy (non-hydrogen) atoms. The van der Waals surface area contributed by atoms with Gasteiger partial charge in [0, 0.05) is 20.1 Å². The van der Waals surface area contributed by atoms with E-state index >= 15 is 0 Å². The maximum atomic E-state index is 13.5. The van der Waals surface area contributed by atoms with Crippen LogP contribution in [0.4, 0.5) is 0 Å². The van der Waals surface area contributed by atoms with Crippen molar-refractivity contribution in [3.63, 3.8) is 0 Å². The molecule has 5 nitrogen and oxygen atoms in total. The van der Waals surface area contributed by atoms with Crippen molar-refractivity contribution in [2.45, 2.75) is 13.0 Å². The van der Waals surface area contributed by atoms with E-state index in [2.05, 4.69) is 0 Å². The molecule has 0 fully saturated rings. The number of carbonyl (C=O) groups is 2. The Kier molecular flexibility index (Phi) is 6.36. The lowest BCUT2D eigenvalue weighted by atomic mass is 10.0. The molecule has 2 amide bonds. The number of hydrogen-bond donors (Lipinski definition) is 0. The van der Waals surface area contributed by atoms with E-state index < -0.39 is 0 Å². The second kappa shape index (κ2) is 9.52. The predicted molar refractivity (Wildman–Crippen MR) is 125 cm³/mol. The molecule has 0 atom stereocenters. The standard InChI is InChI=1S/C27H26N2O3/c1-28(19-21-11-7-4-8-12-21)25-24(22-13-15-23(32-2)16-14-22)26(30)29(27(25)31)18-17-20-9-5-3-6-10-20/h3-16H,17-19H2,1-2H3. The van der Waals surface area contributed by atoms with Crippen LogP contribution in [0.25, 0.3) is 5.57 Å². The van der Waals surface area contributed by atoms with Crippen molar-refractivity contribution in [1.82, 2.24) is 9.80 Å². The third kappa shape index (κ3) is 4.42. The summed E-state index contributed by atoms with van der Waals surface area (Å²) in [6, 6.07) is 27.1. The summed E-state index contributed by atoms with van der Waals surface area (Å²) in [5.74, 6) is 0.187. The Bertz CT molecular complexity index is 1120. The van der Waals surface area contributed by atoms with E-state index in [-0.39, 0.29) is 11.8 Å².